The van der Waals surface area contributed by atoms with Gasteiger partial charge in [0, 0.05) is 17.4 Å². The number of amides is 3. The fourth-order valence-electron chi connectivity index (χ4n) is 2.91. The van der Waals surface area contributed by atoms with Crippen molar-refractivity contribution in [2.24, 2.45) is 0 Å². The first-order valence-corrected chi connectivity index (χ1v) is 8.86. The number of thioether (sulfide) groups is 1. The summed E-state index contributed by atoms with van der Waals surface area (Å²) >= 11 is 1.79. The van der Waals surface area contributed by atoms with E-state index in [1.807, 2.05) is 0 Å². The first-order valence-electron chi connectivity index (χ1n) is 7.81. The predicted octanol–water partition coefficient (Wildman–Crippen LogP) is 1.49. The summed E-state index contributed by atoms with van der Waals surface area (Å²) in [7, 11) is 0. The fourth-order valence-corrected chi connectivity index (χ4v) is 4.45. The van der Waals surface area contributed by atoms with Gasteiger partial charge < -0.3 is 10.6 Å². The largest absolute Gasteiger partial charge is 0.451 e. The van der Waals surface area contributed by atoms with Crippen LogP contribution in [0.25, 0.3) is 0 Å². The molecule has 138 valence electrons. The number of alkyl halides is 3. The highest BCUT2D eigenvalue weighted by Crippen LogP contribution is 2.33. The Bertz CT molecular complexity index is 652. The molecule has 0 saturated carbocycles. The standard InChI is InChI=1S/C13H17F3N6O2S/c14-13(15,16)10-20-11(22-21-10)18-8(23)4-2-1-3-7-9-6(5-25-7)17-12(24)19-9/h6-7,9H,1-5H2,(H2,17,19,24)(H2,18,20,21,22,23)/t6-,7-,9-/m0/s1. The van der Waals surface area contributed by atoms with Gasteiger partial charge in [0.25, 0.3) is 0 Å². The number of carbonyl (C=O) groups excluding carboxylic acids is 2. The van der Waals surface area contributed by atoms with E-state index in [0.717, 1.165) is 18.6 Å². The van der Waals surface area contributed by atoms with E-state index in [4.69, 9.17) is 0 Å². The van der Waals surface area contributed by atoms with Gasteiger partial charge in [0.15, 0.2) is 0 Å². The van der Waals surface area contributed by atoms with Gasteiger partial charge in [-0.05, 0) is 12.8 Å². The van der Waals surface area contributed by atoms with Gasteiger partial charge in [0.05, 0.1) is 12.1 Å². The number of urea groups is 1. The number of nitrogens with zero attached hydrogens (tertiary/aromatic N) is 2. The second-order valence-electron chi connectivity index (χ2n) is 5.92. The molecule has 8 nitrogen and oxygen atoms in total. The van der Waals surface area contributed by atoms with Gasteiger partial charge in [-0.2, -0.15) is 29.9 Å². The van der Waals surface area contributed by atoms with Gasteiger partial charge in [0.2, 0.25) is 17.7 Å². The zero-order valence-electron chi connectivity index (χ0n) is 13.0. The molecule has 2 saturated heterocycles. The Morgan fingerprint density at radius 2 is 2.12 bits per heavy atom. The molecule has 2 fully saturated rings. The van der Waals surface area contributed by atoms with Gasteiger partial charge >= 0.3 is 12.2 Å². The van der Waals surface area contributed by atoms with Crippen LogP contribution < -0.4 is 16.0 Å². The first-order chi connectivity index (χ1) is 11.8. The number of hydrogen-bond acceptors (Lipinski definition) is 5. The highest BCUT2D eigenvalue weighted by atomic mass is 32.2. The molecule has 3 amide bonds. The lowest BCUT2D eigenvalue weighted by Gasteiger charge is -2.16. The van der Waals surface area contributed by atoms with Gasteiger partial charge in [0.1, 0.15) is 0 Å². The third-order valence-electron chi connectivity index (χ3n) is 4.09. The Morgan fingerprint density at radius 3 is 2.84 bits per heavy atom. The molecule has 0 aliphatic carbocycles. The number of anilines is 1. The Hall–Kier alpha value is -1.98. The van der Waals surface area contributed by atoms with Gasteiger partial charge in [-0.25, -0.2) is 4.79 Å². The van der Waals surface area contributed by atoms with Gasteiger partial charge in [-0.3, -0.25) is 15.2 Å². The topological polar surface area (TPSA) is 112 Å². The summed E-state index contributed by atoms with van der Waals surface area (Å²) < 4.78 is 37.1. The molecule has 3 atom stereocenters. The molecule has 0 unspecified atom stereocenters. The third kappa shape index (κ3) is 4.35. The molecule has 3 heterocycles. The number of hydrogen-bond donors (Lipinski definition) is 4. The number of aromatic nitrogens is 3. The minimum atomic E-state index is -4.63. The number of aromatic amines is 1. The fraction of sp³-hybridized carbons (Fsp3) is 0.692. The van der Waals surface area contributed by atoms with E-state index in [1.165, 1.54) is 0 Å². The van der Waals surface area contributed by atoms with E-state index in [1.54, 1.807) is 16.9 Å². The predicted molar refractivity (Wildman–Crippen MR) is 84.0 cm³/mol. The second-order valence-corrected chi connectivity index (χ2v) is 7.19. The monoisotopic (exact) mass is 378 g/mol. The Labute approximate surface area is 145 Å². The van der Waals surface area contributed by atoms with E-state index in [2.05, 4.69) is 26.0 Å². The molecular formula is C13H17F3N6O2S. The lowest BCUT2D eigenvalue weighted by Crippen LogP contribution is -2.36. The smallest absolute Gasteiger partial charge is 0.332 e. The molecule has 0 aromatic carbocycles. The van der Waals surface area contributed by atoms with Crippen LogP contribution in [0.5, 0.6) is 0 Å². The zero-order chi connectivity index (χ0) is 18.0. The first kappa shape index (κ1) is 17.8. The van der Waals surface area contributed by atoms with E-state index < -0.39 is 17.9 Å². The van der Waals surface area contributed by atoms with E-state index in [-0.39, 0.29) is 30.5 Å². The maximum absolute atomic E-state index is 12.4. The highest BCUT2D eigenvalue weighted by molar-refractivity contribution is 8.00. The molecular weight excluding hydrogens is 361 g/mol. The Morgan fingerprint density at radius 1 is 1.32 bits per heavy atom. The van der Waals surface area contributed by atoms with Crippen LogP contribution >= 0.6 is 11.8 Å². The van der Waals surface area contributed by atoms with Crippen LogP contribution in [0.15, 0.2) is 0 Å². The molecule has 3 rings (SSSR count). The maximum atomic E-state index is 12.4. The summed E-state index contributed by atoms with van der Waals surface area (Å²) in [6, 6.07) is 0.157. The van der Waals surface area contributed by atoms with Crippen molar-refractivity contribution in [1.29, 1.82) is 0 Å². The van der Waals surface area contributed by atoms with Crippen LogP contribution in [0.4, 0.5) is 23.9 Å². The van der Waals surface area contributed by atoms with Crippen molar-refractivity contribution in [3.63, 3.8) is 0 Å². The SMILES string of the molecule is O=C(CCCC[C@@H]1SC[C@@H]2NC(=O)N[C@@H]21)Nc1n[nH]c(C(F)(F)F)n1. The van der Waals surface area contributed by atoms with Crippen molar-refractivity contribution in [1.82, 2.24) is 25.8 Å². The lowest BCUT2D eigenvalue weighted by atomic mass is 10.0. The molecule has 1 aromatic rings. The maximum Gasteiger partial charge on any atom is 0.451 e. The molecule has 4 N–H and O–H groups in total. The zero-order valence-corrected chi connectivity index (χ0v) is 13.8. The van der Waals surface area contributed by atoms with Crippen molar-refractivity contribution in [3.8, 4) is 0 Å². The number of unbranched alkanes of at least 4 members (excludes halogenated alkanes) is 1. The van der Waals surface area contributed by atoms with E-state index in [9.17, 15) is 22.8 Å². The number of nitrogens with one attached hydrogen (secondary N) is 4. The Balaban J connectivity index is 1.36. The summed E-state index contributed by atoms with van der Waals surface area (Å²) in [5, 5.41) is 13.4. The van der Waals surface area contributed by atoms with Crippen LogP contribution in [-0.2, 0) is 11.0 Å². The van der Waals surface area contributed by atoms with Gasteiger partial charge in [-0.1, -0.05) is 6.42 Å². The number of H-pyrrole nitrogens is 1. The second kappa shape index (κ2) is 7.10. The lowest BCUT2D eigenvalue weighted by molar-refractivity contribution is -0.144. The van der Waals surface area contributed by atoms with Crippen LogP contribution in [0.2, 0.25) is 0 Å². The summed E-state index contributed by atoms with van der Waals surface area (Å²) in [4.78, 5) is 26.2. The number of carbonyl (C=O) groups is 2. The van der Waals surface area contributed by atoms with Crippen molar-refractivity contribution in [3.05, 3.63) is 5.82 Å². The van der Waals surface area contributed by atoms with Crippen LogP contribution in [0.1, 0.15) is 31.5 Å². The number of halogens is 3. The summed E-state index contributed by atoms with van der Waals surface area (Å²) in [6.45, 7) is 0. The van der Waals surface area contributed by atoms with Crippen LogP contribution in [0, 0.1) is 0 Å². The average molecular weight is 378 g/mol. The molecule has 2 aliphatic rings. The average Bonchev–Trinajstić information content (AvgIpc) is 3.19. The quantitative estimate of drug-likeness (QED) is 0.443. The van der Waals surface area contributed by atoms with Crippen LogP contribution in [-0.4, -0.2) is 50.2 Å². The van der Waals surface area contributed by atoms with Crippen LogP contribution in [0.3, 0.4) is 0 Å². The summed E-state index contributed by atoms with van der Waals surface area (Å²) in [6.07, 6.45) is -2.21. The van der Waals surface area contributed by atoms with Crippen molar-refractivity contribution < 1.29 is 22.8 Å². The highest BCUT2D eigenvalue weighted by Gasteiger charge is 2.42. The van der Waals surface area contributed by atoms with Crippen molar-refractivity contribution >= 4 is 29.6 Å². The van der Waals surface area contributed by atoms with Crippen molar-refractivity contribution in [2.45, 2.75) is 49.2 Å². The Kier molecular flexibility index (Phi) is 5.06. The number of fused-ring (bicyclic) bond motifs is 1. The van der Waals surface area contributed by atoms with Gasteiger partial charge in [-0.15, -0.1) is 5.10 Å². The molecule has 12 heteroatoms. The third-order valence-corrected chi connectivity index (χ3v) is 5.59. The molecule has 0 spiro atoms. The van der Waals surface area contributed by atoms with E-state index >= 15 is 0 Å². The number of rotatable bonds is 6. The minimum absolute atomic E-state index is 0.125. The van der Waals surface area contributed by atoms with Crippen molar-refractivity contribution in [2.75, 3.05) is 11.1 Å². The minimum Gasteiger partial charge on any atom is -0.332 e. The molecule has 2 aliphatic heterocycles. The molecule has 25 heavy (non-hydrogen) atoms. The molecule has 0 radical (unpaired) electrons. The summed E-state index contributed by atoms with van der Waals surface area (Å²) in [5.41, 5.74) is 0. The van der Waals surface area contributed by atoms with E-state index in [0.29, 0.717) is 11.7 Å². The normalized spacial score (nSPS) is 25.4. The molecule has 1 aromatic heterocycles. The summed E-state index contributed by atoms with van der Waals surface area (Å²) in [5.74, 6) is -1.18. The molecule has 0 bridgehead atoms.